The molecule has 5 nitrogen and oxygen atoms in total. The summed E-state index contributed by atoms with van der Waals surface area (Å²) in [5.74, 6) is 0.146. The summed E-state index contributed by atoms with van der Waals surface area (Å²) in [7, 11) is 3.95. The van der Waals surface area contributed by atoms with Gasteiger partial charge in [-0.15, -0.1) is 0 Å². The number of nitrogens with zero attached hydrogens (tertiary/aromatic N) is 3. The first kappa shape index (κ1) is 17.7. The fraction of sp³-hybridized carbons (Fsp3) is 0.529. The highest BCUT2D eigenvalue weighted by molar-refractivity contribution is 7.80. The van der Waals surface area contributed by atoms with Crippen molar-refractivity contribution in [2.24, 2.45) is 0 Å². The molecule has 1 fully saturated rings. The van der Waals surface area contributed by atoms with Gasteiger partial charge in [0.05, 0.1) is 6.54 Å². The van der Waals surface area contributed by atoms with Crippen LogP contribution in [0, 0.1) is 0 Å². The third-order valence-electron chi connectivity index (χ3n) is 4.11. The number of hydrogen-bond donors (Lipinski definition) is 1. The zero-order valence-corrected chi connectivity index (χ0v) is 14.8. The molecule has 0 aliphatic carbocycles. The van der Waals surface area contributed by atoms with E-state index in [1.807, 2.05) is 35.0 Å². The molecule has 0 saturated carbocycles. The van der Waals surface area contributed by atoms with Crippen LogP contribution in [-0.2, 0) is 11.2 Å². The Hall–Kier alpha value is -1.66. The summed E-state index contributed by atoms with van der Waals surface area (Å²) < 4.78 is 0. The number of thiocarbonyl (C=S) groups is 1. The molecule has 1 N–H and O–H groups in total. The van der Waals surface area contributed by atoms with E-state index in [4.69, 9.17) is 12.2 Å². The molecule has 23 heavy (non-hydrogen) atoms. The highest BCUT2D eigenvalue weighted by atomic mass is 32.1. The lowest BCUT2D eigenvalue weighted by molar-refractivity contribution is -0.132. The van der Waals surface area contributed by atoms with E-state index < -0.39 is 0 Å². The van der Waals surface area contributed by atoms with Gasteiger partial charge in [0, 0.05) is 39.8 Å². The standard InChI is InChI=1S/C17H26N4OS/c1-19-10-12-21(13-11-19)16(22)14-20(2)17(23)18-9-8-15-6-4-3-5-7-15/h3-7H,8-14H2,1-2H3,(H,18,23). The Kier molecular flexibility index (Phi) is 6.80. The number of piperazine rings is 1. The van der Waals surface area contributed by atoms with Gasteiger partial charge in [0.1, 0.15) is 0 Å². The average molecular weight is 334 g/mol. The minimum Gasteiger partial charge on any atom is -0.362 e. The van der Waals surface area contributed by atoms with Crippen LogP contribution >= 0.6 is 12.2 Å². The monoisotopic (exact) mass is 334 g/mol. The number of likely N-dealkylation sites (N-methyl/N-ethyl adjacent to an activating group) is 2. The van der Waals surface area contributed by atoms with E-state index in [2.05, 4.69) is 29.4 Å². The number of carbonyl (C=O) groups excluding carboxylic acids is 1. The molecule has 0 unspecified atom stereocenters. The zero-order valence-electron chi connectivity index (χ0n) is 14.0. The summed E-state index contributed by atoms with van der Waals surface area (Å²) in [5, 5.41) is 3.85. The van der Waals surface area contributed by atoms with Gasteiger partial charge in [-0.05, 0) is 31.2 Å². The van der Waals surface area contributed by atoms with Crippen molar-refractivity contribution in [3.63, 3.8) is 0 Å². The quantitative estimate of drug-likeness (QED) is 0.807. The minimum atomic E-state index is 0.146. The number of nitrogens with one attached hydrogen (secondary N) is 1. The van der Waals surface area contributed by atoms with Gasteiger partial charge in [-0.2, -0.15) is 0 Å². The lowest BCUT2D eigenvalue weighted by Crippen LogP contribution is -2.51. The van der Waals surface area contributed by atoms with Crippen molar-refractivity contribution >= 4 is 23.2 Å². The Morgan fingerprint density at radius 2 is 1.87 bits per heavy atom. The maximum absolute atomic E-state index is 12.3. The number of rotatable bonds is 5. The number of carbonyl (C=O) groups is 1. The van der Waals surface area contributed by atoms with Crippen molar-refractivity contribution < 1.29 is 4.79 Å². The molecule has 0 radical (unpaired) electrons. The van der Waals surface area contributed by atoms with Gasteiger partial charge in [0.25, 0.3) is 0 Å². The first-order valence-electron chi connectivity index (χ1n) is 8.05. The van der Waals surface area contributed by atoms with Crippen LogP contribution in [0.1, 0.15) is 5.56 Å². The van der Waals surface area contributed by atoms with Crippen LogP contribution in [0.25, 0.3) is 0 Å². The smallest absolute Gasteiger partial charge is 0.242 e. The van der Waals surface area contributed by atoms with Crippen molar-refractivity contribution in [3.8, 4) is 0 Å². The van der Waals surface area contributed by atoms with Crippen LogP contribution in [0.4, 0.5) is 0 Å². The number of amides is 1. The summed E-state index contributed by atoms with van der Waals surface area (Å²) in [6.45, 7) is 4.59. The van der Waals surface area contributed by atoms with E-state index in [-0.39, 0.29) is 5.91 Å². The predicted molar refractivity (Wildman–Crippen MR) is 97.5 cm³/mol. The van der Waals surface area contributed by atoms with E-state index in [1.165, 1.54) is 5.56 Å². The Morgan fingerprint density at radius 3 is 2.52 bits per heavy atom. The molecule has 2 rings (SSSR count). The summed E-state index contributed by atoms with van der Waals surface area (Å²) in [6, 6.07) is 10.3. The molecule has 1 heterocycles. The van der Waals surface area contributed by atoms with Crippen molar-refractivity contribution in [3.05, 3.63) is 35.9 Å². The second kappa shape index (κ2) is 8.84. The summed E-state index contributed by atoms with van der Waals surface area (Å²) in [6.07, 6.45) is 0.918. The van der Waals surface area contributed by atoms with Crippen LogP contribution in [0.5, 0.6) is 0 Å². The van der Waals surface area contributed by atoms with Crippen molar-refractivity contribution in [1.82, 2.24) is 20.0 Å². The van der Waals surface area contributed by atoms with Crippen LogP contribution < -0.4 is 5.32 Å². The summed E-state index contributed by atoms with van der Waals surface area (Å²) >= 11 is 5.37. The topological polar surface area (TPSA) is 38.8 Å². The molecule has 1 aromatic rings. The normalized spacial score (nSPS) is 15.3. The molecule has 126 valence electrons. The summed E-state index contributed by atoms with van der Waals surface area (Å²) in [4.78, 5) is 18.3. The predicted octanol–water partition coefficient (Wildman–Crippen LogP) is 0.809. The molecule has 0 atom stereocenters. The van der Waals surface area contributed by atoms with E-state index >= 15 is 0 Å². The van der Waals surface area contributed by atoms with Crippen molar-refractivity contribution in [2.45, 2.75) is 6.42 Å². The highest BCUT2D eigenvalue weighted by Gasteiger charge is 2.20. The van der Waals surface area contributed by atoms with Crippen LogP contribution in [0.2, 0.25) is 0 Å². The van der Waals surface area contributed by atoms with Gasteiger partial charge in [-0.3, -0.25) is 4.79 Å². The molecule has 1 saturated heterocycles. The molecule has 1 aliphatic rings. The molecule has 0 spiro atoms. The number of hydrogen-bond acceptors (Lipinski definition) is 3. The fourth-order valence-corrected chi connectivity index (χ4v) is 2.69. The van der Waals surface area contributed by atoms with Crippen LogP contribution in [0.15, 0.2) is 30.3 Å². The SMILES string of the molecule is CN1CCN(C(=O)CN(C)C(=S)NCCc2ccccc2)CC1. The Balaban J connectivity index is 1.69. The second-order valence-electron chi connectivity index (χ2n) is 6.01. The third kappa shape index (κ3) is 5.80. The van der Waals surface area contributed by atoms with E-state index in [0.29, 0.717) is 11.7 Å². The van der Waals surface area contributed by atoms with E-state index in [1.54, 1.807) is 0 Å². The fourth-order valence-electron chi connectivity index (χ4n) is 2.52. The van der Waals surface area contributed by atoms with E-state index in [0.717, 1.165) is 39.1 Å². The molecular weight excluding hydrogens is 308 g/mol. The van der Waals surface area contributed by atoms with Gasteiger partial charge >= 0.3 is 0 Å². The first-order chi connectivity index (χ1) is 11.1. The highest BCUT2D eigenvalue weighted by Crippen LogP contribution is 2.01. The van der Waals surface area contributed by atoms with Crippen LogP contribution in [0.3, 0.4) is 0 Å². The lowest BCUT2D eigenvalue weighted by Gasteiger charge is -2.33. The van der Waals surface area contributed by atoms with Gasteiger partial charge in [0.15, 0.2) is 5.11 Å². The molecule has 1 amide bonds. The average Bonchev–Trinajstić information content (AvgIpc) is 2.56. The van der Waals surface area contributed by atoms with Crippen LogP contribution in [-0.4, -0.2) is 79.1 Å². The number of benzene rings is 1. The zero-order chi connectivity index (χ0) is 16.7. The molecule has 1 aliphatic heterocycles. The third-order valence-corrected chi connectivity index (χ3v) is 4.56. The second-order valence-corrected chi connectivity index (χ2v) is 6.39. The van der Waals surface area contributed by atoms with Gasteiger partial charge in [-0.1, -0.05) is 30.3 Å². The summed E-state index contributed by atoms with van der Waals surface area (Å²) in [5.41, 5.74) is 1.28. The first-order valence-corrected chi connectivity index (χ1v) is 8.46. The molecule has 1 aromatic carbocycles. The minimum absolute atomic E-state index is 0.146. The van der Waals surface area contributed by atoms with Gasteiger partial charge in [0.2, 0.25) is 5.91 Å². The molecule has 0 aromatic heterocycles. The Morgan fingerprint density at radius 1 is 1.22 bits per heavy atom. The van der Waals surface area contributed by atoms with Crippen molar-refractivity contribution in [1.29, 1.82) is 0 Å². The van der Waals surface area contributed by atoms with E-state index in [9.17, 15) is 4.79 Å². The molecule has 6 heteroatoms. The van der Waals surface area contributed by atoms with Gasteiger partial charge in [-0.25, -0.2) is 0 Å². The van der Waals surface area contributed by atoms with Gasteiger partial charge < -0.3 is 20.0 Å². The molecule has 0 bridgehead atoms. The molecular formula is C17H26N4OS. The largest absolute Gasteiger partial charge is 0.362 e. The maximum atomic E-state index is 12.3. The Labute approximate surface area is 144 Å². The maximum Gasteiger partial charge on any atom is 0.242 e. The lowest BCUT2D eigenvalue weighted by atomic mass is 10.1. The Bertz CT molecular complexity index is 515. The van der Waals surface area contributed by atoms with Crippen molar-refractivity contribution in [2.75, 3.05) is 53.4 Å².